The molecule has 0 aliphatic rings. The first-order valence-corrected chi connectivity index (χ1v) is 7.48. The average Bonchev–Trinajstić information content (AvgIpc) is 2.48. The van der Waals surface area contributed by atoms with E-state index in [1.54, 1.807) is 0 Å². The molecule has 0 atom stereocenters. The van der Waals surface area contributed by atoms with Gasteiger partial charge in [-0.15, -0.1) is 0 Å². The first-order chi connectivity index (χ1) is 10.1. The third-order valence-corrected chi connectivity index (χ3v) is 3.63. The van der Waals surface area contributed by atoms with Crippen molar-refractivity contribution in [1.29, 1.82) is 0 Å². The molecule has 2 nitrogen and oxygen atoms in total. The molecule has 2 heteroatoms. The molecule has 2 aromatic rings. The minimum Gasteiger partial charge on any atom is -0.462 e. The van der Waals surface area contributed by atoms with E-state index in [1.807, 2.05) is 30.3 Å². The van der Waals surface area contributed by atoms with Crippen LogP contribution in [0.2, 0.25) is 0 Å². The van der Waals surface area contributed by atoms with Gasteiger partial charge in [0.05, 0.1) is 12.2 Å². The van der Waals surface area contributed by atoms with E-state index in [4.69, 9.17) is 4.74 Å². The Balaban J connectivity index is 2.40. The van der Waals surface area contributed by atoms with Crippen LogP contribution in [0.15, 0.2) is 42.5 Å². The van der Waals surface area contributed by atoms with E-state index in [0.717, 1.165) is 24.0 Å². The Labute approximate surface area is 126 Å². The lowest BCUT2D eigenvalue weighted by Gasteiger charge is -2.14. The normalized spacial score (nSPS) is 10.4. The molecule has 2 rings (SSSR count). The summed E-state index contributed by atoms with van der Waals surface area (Å²) in [4.78, 5) is 12.3. The number of benzene rings is 2. The summed E-state index contributed by atoms with van der Waals surface area (Å²) in [6.07, 6.45) is 1.92. The minimum atomic E-state index is -0.235. The van der Waals surface area contributed by atoms with E-state index < -0.39 is 0 Å². The molecule has 0 aliphatic carbocycles. The maximum absolute atomic E-state index is 12.3. The minimum absolute atomic E-state index is 0.235. The van der Waals surface area contributed by atoms with Crippen molar-refractivity contribution in [3.05, 3.63) is 59.2 Å². The first-order valence-electron chi connectivity index (χ1n) is 7.48. The SMILES string of the molecule is CCCCOC(=O)c1ccccc1-c1c(C)cccc1C. The summed E-state index contributed by atoms with van der Waals surface area (Å²) < 4.78 is 5.37. The van der Waals surface area contributed by atoms with Gasteiger partial charge in [0.25, 0.3) is 0 Å². The Morgan fingerprint density at radius 3 is 2.33 bits per heavy atom. The smallest absolute Gasteiger partial charge is 0.338 e. The van der Waals surface area contributed by atoms with Crippen molar-refractivity contribution in [3.8, 4) is 11.1 Å². The van der Waals surface area contributed by atoms with Gasteiger partial charge in [-0.25, -0.2) is 4.79 Å². The van der Waals surface area contributed by atoms with Crippen LogP contribution in [0.5, 0.6) is 0 Å². The highest BCUT2D eigenvalue weighted by molar-refractivity contribution is 5.98. The summed E-state index contributed by atoms with van der Waals surface area (Å²) >= 11 is 0. The van der Waals surface area contributed by atoms with Gasteiger partial charge in [0, 0.05) is 0 Å². The van der Waals surface area contributed by atoms with E-state index in [1.165, 1.54) is 11.1 Å². The van der Waals surface area contributed by atoms with Crippen molar-refractivity contribution in [2.24, 2.45) is 0 Å². The molecule has 0 aliphatic heterocycles. The second kappa shape index (κ2) is 7.07. The number of ether oxygens (including phenoxy) is 1. The summed E-state index contributed by atoms with van der Waals surface area (Å²) in [5.74, 6) is -0.235. The predicted octanol–water partition coefficient (Wildman–Crippen LogP) is 4.93. The Morgan fingerprint density at radius 2 is 1.67 bits per heavy atom. The fourth-order valence-electron chi connectivity index (χ4n) is 2.51. The molecule has 0 heterocycles. The summed E-state index contributed by atoms with van der Waals surface area (Å²) in [5, 5.41) is 0. The molecule has 0 spiro atoms. The number of rotatable bonds is 5. The zero-order chi connectivity index (χ0) is 15.2. The molecule has 2 aromatic carbocycles. The van der Waals surface area contributed by atoms with E-state index in [2.05, 4.69) is 32.9 Å². The van der Waals surface area contributed by atoms with Crippen LogP contribution in [-0.4, -0.2) is 12.6 Å². The predicted molar refractivity (Wildman–Crippen MR) is 86.5 cm³/mol. The third-order valence-electron chi connectivity index (χ3n) is 3.63. The highest BCUT2D eigenvalue weighted by Crippen LogP contribution is 2.30. The maximum Gasteiger partial charge on any atom is 0.338 e. The fraction of sp³-hybridized carbons (Fsp3) is 0.316. The van der Waals surface area contributed by atoms with Gasteiger partial charge < -0.3 is 4.74 Å². The van der Waals surface area contributed by atoms with E-state index in [9.17, 15) is 4.79 Å². The summed E-state index contributed by atoms with van der Waals surface area (Å²) in [6, 6.07) is 13.9. The van der Waals surface area contributed by atoms with Gasteiger partial charge >= 0.3 is 5.97 Å². The fourth-order valence-corrected chi connectivity index (χ4v) is 2.51. The Hall–Kier alpha value is -2.09. The molecule has 0 bridgehead atoms. The summed E-state index contributed by atoms with van der Waals surface area (Å²) in [5.41, 5.74) is 5.06. The average molecular weight is 282 g/mol. The third kappa shape index (κ3) is 3.52. The quantitative estimate of drug-likeness (QED) is 0.574. The van der Waals surface area contributed by atoms with E-state index in [-0.39, 0.29) is 5.97 Å². The molecule has 0 fully saturated rings. The van der Waals surface area contributed by atoms with Crippen molar-refractivity contribution in [1.82, 2.24) is 0 Å². The maximum atomic E-state index is 12.3. The lowest BCUT2D eigenvalue weighted by Crippen LogP contribution is -2.08. The van der Waals surface area contributed by atoms with Gasteiger partial charge in [-0.05, 0) is 48.6 Å². The number of aryl methyl sites for hydroxylation is 2. The zero-order valence-electron chi connectivity index (χ0n) is 13.0. The van der Waals surface area contributed by atoms with Gasteiger partial charge in [0.2, 0.25) is 0 Å². The Kier molecular flexibility index (Phi) is 5.15. The number of carbonyl (C=O) groups excluding carboxylic acids is 1. The monoisotopic (exact) mass is 282 g/mol. The molecular weight excluding hydrogens is 260 g/mol. The summed E-state index contributed by atoms with van der Waals surface area (Å²) in [7, 11) is 0. The molecule has 0 radical (unpaired) electrons. The Bertz CT molecular complexity index is 609. The lowest BCUT2D eigenvalue weighted by molar-refractivity contribution is 0.0500. The topological polar surface area (TPSA) is 26.3 Å². The number of carbonyl (C=O) groups is 1. The molecule has 110 valence electrons. The van der Waals surface area contributed by atoms with Crippen molar-refractivity contribution >= 4 is 5.97 Å². The lowest BCUT2D eigenvalue weighted by atomic mass is 9.92. The highest BCUT2D eigenvalue weighted by Gasteiger charge is 2.16. The largest absolute Gasteiger partial charge is 0.462 e. The van der Waals surface area contributed by atoms with Crippen LogP contribution in [0.1, 0.15) is 41.3 Å². The number of unbranched alkanes of at least 4 members (excludes halogenated alkanes) is 1. The summed E-state index contributed by atoms with van der Waals surface area (Å²) in [6.45, 7) is 6.71. The van der Waals surface area contributed by atoms with Crippen LogP contribution in [0.4, 0.5) is 0 Å². The molecule has 0 unspecified atom stereocenters. The van der Waals surface area contributed by atoms with Gasteiger partial charge in [-0.2, -0.15) is 0 Å². The van der Waals surface area contributed by atoms with Crippen molar-refractivity contribution in [2.75, 3.05) is 6.61 Å². The van der Waals surface area contributed by atoms with Gasteiger partial charge in [-0.1, -0.05) is 49.7 Å². The Morgan fingerprint density at radius 1 is 1.00 bits per heavy atom. The first kappa shape index (κ1) is 15.3. The molecule has 21 heavy (non-hydrogen) atoms. The van der Waals surface area contributed by atoms with E-state index >= 15 is 0 Å². The van der Waals surface area contributed by atoms with Gasteiger partial charge in [-0.3, -0.25) is 0 Å². The molecule has 0 aromatic heterocycles. The van der Waals surface area contributed by atoms with Crippen LogP contribution in [0, 0.1) is 13.8 Å². The molecular formula is C19H22O2. The molecule has 0 saturated carbocycles. The highest BCUT2D eigenvalue weighted by atomic mass is 16.5. The second-order valence-electron chi connectivity index (χ2n) is 5.30. The molecule has 0 amide bonds. The molecule has 0 N–H and O–H groups in total. The number of hydrogen-bond donors (Lipinski definition) is 0. The van der Waals surface area contributed by atoms with E-state index in [0.29, 0.717) is 12.2 Å². The van der Waals surface area contributed by atoms with Crippen LogP contribution in [0.3, 0.4) is 0 Å². The standard InChI is InChI=1S/C19H22O2/c1-4-5-13-21-19(20)17-12-7-6-11-16(17)18-14(2)9-8-10-15(18)3/h6-12H,4-5,13H2,1-3H3. The van der Waals surface area contributed by atoms with Crippen molar-refractivity contribution in [2.45, 2.75) is 33.6 Å². The van der Waals surface area contributed by atoms with Crippen LogP contribution < -0.4 is 0 Å². The number of esters is 1. The van der Waals surface area contributed by atoms with Gasteiger partial charge in [0.15, 0.2) is 0 Å². The molecule has 0 saturated heterocycles. The zero-order valence-corrected chi connectivity index (χ0v) is 13.0. The van der Waals surface area contributed by atoms with Gasteiger partial charge in [0.1, 0.15) is 0 Å². The van der Waals surface area contributed by atoms with Crippen LogP contribution in [0.25, 0.3) is 11.1 Å². The number of hydrogen-bond acceptors (Lipinski definition) is 2. The van der Waals surface area contributed by atoms with Crippen LogP contribution >= 0.6 is 0 Å². The van der Waals surface area contributed by atoms with Crippen LogP contribution in [-0.2, 0) is 4.74 Å². The van der Waals surface area contributed by atoms with Crippen molar-refractivity contribution in [3.63, 3.8) is 0 Å². The second-order valence-corrected chi connectivity index (χ2v) is 5.30. The van der Waals surface area contributed by atoms with Crippen molar-refractivity contribution < 1.29 is 9.53 Å².